The van der Waals surface area contributed by atoms with Crippen molar-refractivity contribution in [1.82, 2.24) is 5.06 Å². The molecule has 6 nitrogen and oxygen atoms in total. The van der Waals surface area contributed by atoms with Crippen LogP contribution in [0, 0.1) is 0 Å². The van der Waals surface area contributed by atoms with Gasteiger partial charge in [0, 0.05) is 0 Å². The van der Waals surface area contributed by atoms with Crippen molar-refractivity contribution < 1.29 is 19.2 Å². The summed E-state index contributed by atoms with van der Waals surface area (Å²) in [5.74, 6) is -0.383. The van der Waals surface area contributed by atoms with Gasteiger partial charge in [0.2, 0.25) is 6.10 Å². The molecule has 0 unspecified atom stereocenters. The van der Waals surface area contributed by atoms with Crippen LogP contribution in [0.2, 0.25) is 0 Å². The van der Waals surface area contributed by atoms with Crippen molar-refractivity contribution in [3.05, 3.63) is 0 Å². The van der Waals surface area contributed by atoms with E-state index in [1.807, 2.05) is 0 Å². The first-order valence-corrected chi connectivity index (χ1v) is 2.96. The zero-order valence-corrected chi connectivity index (χ0v) is 5.94. The van der Waals surface area contributed by atoms with Crippen LogP contribution in [0.3, 0.4) is 0 Å². The Hall–Kier alpha value is -1.30. The normalized spacial score (nSPS) is 22.8. The first-order valence-electron chi connectivity index (χ1n) is 2.96. The molecule has 11 heavy (non-hydrogen) atoms. The largest absolute Gasteiger partial charge is 0.434 e. The van der Waals surface area contributed by atoms with E-state index in [4.69, 9.17) is 0 Å². The van der Waals surface area contributed by atoms with Gasteiger partial charge in [-0.05, 0) is 0 Å². The zero-order chi connectivity index (χ0) is 8.43. The van der Waals surface area contributed by atoms with Crippen LogP contribution in [0.4, 0.5) is 4.79 Å². The Morgan fingerprint density at radius 3 is 2.82 bits per heavy atom. The van der Waals surface area contributed by atoms with Gasteiger partial charge in [-0.25, -0.2) is 9.86 Å². The van der Waals surface area contributed by atoms with E-state index in [0.29, 0.717) is 0 Å². The summed E-state index contributed by atoms with van der Waals surface area (Å²) in [6.07, 6.45) is -1.70. The van der Waals surface area contributed by atoms with Gasteiger partial charge in [0.1, 0.15) is 0 Å². The monoisotopic (exact) mass is 160 g/mol. The minimum atomic E-state index is -0.945. The Morgan fingerprint density at radius 1 is 1.82 bits per heavy atom. The van der Waals surface area contributed by atoms with Crippen LogP contribution >= 0.6 is 0 Å². The molecule has 1 rings (SSSR count). The van der Waals surface area contributed by atoms with Crippen LogP contribution in [-0.4, -0.2) is 36.8 Å². The van der Waals surface area contributed by atoms with Crippen molar-refractivity contribution in [3.8, 4) is 0 Å². The number of rotatable bonds is 2. The van der Waals surface area contributed by atoms with E-state index < -0.39 is 12.2 Å². The van der Waals surface area contributed by atoms with Crippen LogP contribution in [0.15, 0.2) is 0 Å². The first kappa shape index (κ1) is 7.80. The highest BCUT2D eigenvalue weighted by Crippen LogP contribution is 2.12. The molecule has 0 aliphatic carbocycles. The maximum absolute atomic E-state index is 10.8. The molecule has 0 radical (unpaired) electrons. The van der Waals surface area contributed by atoms with Crippen molar-refractivity contribution >= 4 is 12.0 Å². The molecule has 1 aliphatic rings. The molecule has 0 bridgehead atoms. The van der Waals surface area contributed by atoms with Crippen LogP contribution in [-0.2, 0) is 14.4 Å². The maximum atomic E-state index is 10.8. The molecular weight excluding hydrogens is 152 g/mol. The Kier molecular flexibility index (Phi) is 1.95. The molecule has 2 amide bonds. The summed E-state index contributed by atoms with van der Waals surface area (Å²) in [5.41, 5.74) is 4.68. The fourth-order valence-corrected chi connectivity index (χ4v) is 0.759. The lowest BCUT2D eigenvalue weighted by atomic mass is 10.2. The van der Waals surface area contributed by atoms with Gasteiger partial charge < -0.3 is 10.5 Å². The molecule has 6 heteroatoms. The number of hydroxylamine groups is 2. The number of amides is 2. The average molecular weight is 160 g/mol. The summed E-state index contributed by atoms with van der Waals surface area (Å²) in [6, 6.07) is 0. The molecule has 0 aromatic rings. The van der Waals surface area contributed by atoms with Gasteiger partial charge in [-0.15, -0.1) is 0 Å². The molecular formula is C5H8N2O4. The van der Waals surface area contributed by atoms with E-state index in [0.717, 1.165) is 5.06 Å². The summed E-state index contributed by atoms with van der Waals surface area (Å²) >= 11 is 0. The maximum Gasteiger partial charge on any atom is 0.405 e. The van der Waals surface area contributed by atoms with E-state index >= 15 is 0 Å². The van der Waals surface area contributed by atoms with E-state index in [9.17, 15) is 9.59 Å². The Morgan fingerprint density at radius 2 is 2.45 bits per heavy atom. The van der Waals surface area contributed by atoms with Crippen molar-refractivity contribution in [2.24, 2.45) is 5.73 Å². The Balaban J connectivity index is 2.33. The van der Waals surface area contributed by atoms with Gasteiger partial charge in [0.25, 0.3) is 5.91 Å². The van der Waals surface area contributed by atoms with Crippen LogP contribution < -0.4 is 5.73 Å². The van der Waals surface area contributed by atoms with Gasteiger partial charge >= 0.3 is 6.09 Å². The molecule has 1 atom stereocenters. The fourth-order valence-electron chi connectivity index (χ4n) is 0.759. The number of carbonyl (C=O) groups is 2. The number of carbonyl (C=O) groups excluding carboxylic acids is 2. The molecule has 0 saturated carbocycles. The minimum absolute atomic E-state index is 0.248. The summed E-state index contributed by atoms with van der Waals surface area (Å²) in [6.45, 7) is 0.248. The van der Waals surface area contributed by atoms with Gasteiger partial charge in [-0.2, -0.15) is 0 Å². The Bertz CT molecular complexity index is 193. The molecule has 1 saturated heterocycles. The highest BCUT2D eigenvalue weighted by atomic mass is 16.7. The predicted molar refractivity (Wildman–Crippen MR) is 33.2 cm³/mol. The van der Waals surface area contributed by atoms with E-state index in [1.165, 1.54) is 7.11 Å². The van der Waals surface area contributed by atoms with E-state index in [1.54, 1.807) is 0 Å². The summed E-state index contributed by atoms with van der Waals surface area (Å²) in [5, 5.41) is 1.08. The van der Waals surface area contributed by atoms with Gasteiger partial charge in [0.15, 0.2) is 0 Å². The second-order valence-corrected chi connectivity index (χ2v) is 2.01. The van der Waals surface area contributed by atoms with Crippen molar-refractivity contribution in [1.29, 1.82) is 0 Å². The lowest BCUT2D eigenvalue weighted by Gasteiger charge is -2.34. The third-order valence-electron chi connectivity index (χ3n) is 1.33. The third-order valence-corrected chi connectivity index (χ3v) is 1.33. The van der Waals surface area contributed by atoms with Crippen molar-refractivity contribution in [2.75, 3.05) is 13.7 Å². The van der Waals surface area contributed by atoms with Crippen LogP contribution in [0.1, 0.15) is 0 Å². The highest BCUT2D eigenvalue weighted by molar-refractivity contribution is 5.87. The fraction of sp³-hybridized carbons (Fsp3) is 0.600. The number of primary amides is 1. The lowest BCUT2D eigenvalue weighted by Crippen LogP contribution is -2.57. The summed E-state index contributed by atoms with van der Waals surface area (Å²) in [4.78, 5) is 25.5. The lowest BCUT2D eigenvalue weighted by molar-refractivity contribution is -0.218. The van der Waals surface area contributed by atoms with Gasteiger partial charge in [-0.3, -0.25) is 9.63 Å². The first-order chi connectivity index (χ1) is 5.15. The number of hydrogen-bond acceptors (Lipinski definition) is 4. The molecule has 1 heterocycles. The number of ether oxygens (including phenoxy) is 1. The third kappa shape index (κ3) is 1.40. The van der Waals surface area contributed by atoms with Crippen molar-refractivity contribution in [2.45, 2.75) is 6.10 Å². The molecule has 1 fully saturated rings. The molecule has 0 spiro atoms. The predicted octanol–water partition coefficient (Wildman–Crippen LogP) is -1.15. The number of β-lactam (4-membered cyclic amide) rings is 1. The van der Waals surface area contributed by atoms with E-state index in [2.05, 4.69) is 15.3 Å². The van der Waals surface area contributed by atoms with Crippen molar-refractivity contribution in [3.63, 3.8) is 0 Å². The molecule has 0 aromatic carbocycles. The number of nitrogens with zero attached hydrogens (tertiary/aromatic N) is 1. The second-order valence-electron chi connectivity index (χ2n) is 2.01. The van der Waals surface area contributed by atoms with Gasteiger partial charge in [0.05, 0.1) is 13.7 Å². The molecule has 2 N–H and O–H groups in total. The highest BCUT2D eigenvalue weighted by Gasteiger charge is 2.40. The summed E-state index contributed by atoms with van der Waals surface area (Å²) < 4.78 is 4.40. The SMILES string of the molecule is CON1C[C@@H](OC(N)=O)C1=O. The topological polar surface area (TPSA) is 81.9 Å². The number of hydrogen-bond donors (Lipinski definition) is 1. The smallest absolute Gasteiger partial charge is 0.405 e. The molecule has 62 valence electrons. The standard InChI is InChI=1S/C5H8N2O4/c1-10-7-2-3(4(7)8)11-5(6)9/h3H,2H2,1H3,(H2,6,9)/t3-/m1/s1. The summed E-state index contributed by atoms with van der Waals surface area (Å²) in [7, 11) is 1.36. The zero-order valence-electron chi connectivity index (χ0n) is 5.94. The molecule has 0 aromatic heterocycles. The Labute approximate surface area is 62.8 Å². The van der Waals surface area contributed by atoms with E-state index in [-0.39, 0.29) is 12.5 Å². The van der Waals surface area contributed by atoms with Crippen LogP contribution in [0.5, 0.6) is 0 Å². The van der Waals surface area contributed by atoms with Gasteiger partial charge in [-0.1, -0.05) is 0 Å². The van der Waals surface area contributed by atoms with Crippen LogP contribution in [0.25, 0.3) is 0 Å². The second kappa shape index (κ2) is 2.75. The molecule has 1 aliphatic heterocycles. The average Bonchev–Trinajstić information content (AvgIpc) is 1.96. The quantitative estimate of drug-likeness (QED) is 0.517. The minimum Gasteiger partial charge on any atom is -0.434 e. The number of nitrogens with two attached hydrogens (primary N) is 1.